The van der Waals surface area contributed by atoms with Gasteiger partial charge in [0.15, 0.2) is 0 Å². The summed E-state index contributed by atoms with van der Waals surface area (Å²) < 4.78 is 12.3. The molecule has 0 saturated carbocycles. The van der Waals surface area contributed by atoms with Crippen molar-refractivity contribution in [2.45, 2.75) is 45.8 Å². The van der Waals surface area contributed by atoms with E-state index in [1.165, 1.54) is 6.07 Å². The molecule has 0 radical (unpaired) electrons. The zero-order chi connectivity index (χ0) is 15.3. The number of nitrogens with zero attached hydrogens (tertiary/aromatic N) is 1. The van der Waals surface area contributed by atoms with E-state index >= 15 is 0 Å². The molecule has 1 aromatic rings. The third kappa shape index (κ3) is 2.50. The number of nitro benzene ring substituents is 1. The Morgan fingerprint density at radius 2 is 1.70 bits per heavy atom. The van der Waals surface area contributed by atoms with Crippen LogP contribution in [-0.2, 0) is 9.31 Å². The van der Waals surface area contributed by atoms with E-state index in [0.717, 1.165) is 5.56 Å². The number of nitro groups is 1. The van der Waals surface area contributed by atoms with Gasteiger partial charge in [-0.3, -0.25) is 10.1 Å². The first-order chi connectivity index (χ1) is 9.05. The minimum absolute atomic E-state index is 0.0229. The molecule has 0 spiro atoms. The molecule has 1 saturated heterocycles. The number of aryl methyl sites for hydroxylation is 1. The summed E-state index contributed by atoms with van der Waals surface area (Å²) >= 11 is 3.25. The molecular weight excluding hydrogens is 325 g/mol. The van der Waals surface area contributed by atoms with Gasteiger partial charge in [-0.25, -0.2) is 0 Å². The average molecular weight is 342 g/mol. The van der Waals surface area contributed by atoms with Crippen molar-refractivity contribution < 1.29 is 14.2 Å². The Kier molecular flexibility index (Phi) is 3.73. The number of rotatable bonds is 2. The first-order valence-electron chi connectivity index (χ1n) is 6.35. The van der Waals surface area contributed by atoms with E-state index in [4.69, 9.17) is 9.31 Å². The van der Waals surface area contributed by atoms with Gasteiger partial charge in [0, 0.05) is 6.07 Å². The lowest BCUT2D eigenvalue weighted by atomic mass is 9.78. The molecule has 5 nitrogen and oxygen atoms in total. The maximum atomic E-state index is 11.1. The smallest absolute Gasteiger partial charge is 0.399 e. The fourth-order valence-corrected chi connectivity index (χ4v) is 2.40. The molecule has 2 rings (SSSR count). The Bertz CT molecular complexity index is 558. The SMILES string of the molecule is Cc1cc(B2OC(C)(C)C(C)(C)O2)cc([N+](=O)[O-])c1Br. The third-order valence-corrected chi connectivity index (χ3v) is 5.01. The third-order valence-electron chi connectivity index (χ3n) is 3.98. The van der Waals surface area contributed by atoms with Crippen LogP contribution in [0.3, 0.4) is 0 Å². The van der Waals surface area contributed by atoms with Crippen molar-refractivity contribution in [3.63, 3.8) is 0 Å². The van der Waals surface area contributed by atoms with Crippen LogP contribution in [0.15, 0.2) is 16.6 Å². The van der Waals surface area contributed by atoms with E-state index < -0.39 is 23.2 Å². The molecule has 0 aromatic heterocycles. The summed E-state index contributed by atoms with van der Waals surface area (Å²) in [6, 6.07) is 3.35. The molecule has 1 heterocycles. The Labute approximate surface area is 127 Å². The van der Waals surface area contributed by atoms with Crippen LogP contribution in [0.25, 0.3) is 0 Å². The number of hydrogen-bond acceptors (Lipinski definition) is 4. The molecule has 0 amide bonds. The molecule has 0 aliphatic carbocycles. The number of halogens is 1. The first-order valence-corrected chi connectivity index (χ1v) is 7.14. The van der Waals surface area contributed by atoms with E-state index in [-0.39, 0.29) is 5.69 Å². The lowest BCUT2D eigenvalue weighted by Crippen LogP contribution is -2.41. The minimum Gasteiger partial charge on any atom is -0.399 e. The summed E-state index contributed by atoms with van der Waals surface area (Å²) in [5.41, 5.74) is 0.538. The van der Waals surface area contributed by atoms with Gasteiger partial charge in [-0.15, -0.1) is 0 Å². The van der Waals surface area contributed by atoms with Crippen LogP contribution in [0.1, 0.15) is 33.3 Å². The fourth-order valence-electron chi connectivity index (χ4n) is 2.03. The van der Waals surface area contributed by atoms with Gasteiger partial charge in [0.25, 0.3) is 5.69 Å². The molecule has 1 aliphatic rings. The monoisotopic (exact) mass is 341 g/mol. The number of benzene rings is 1. The topological polar surface area (TPSA) is 61.6 Å². The lowest BCUT2D eigenvalue weighted by Gasteiger charge is -2.32. The first kappa shape index (κ1) is 15.5. The molecule has 1 aromatic carbocycles. The molecule has 0 N–H and O–H groups in total. The van der Waals surface area contributed by atoms with Crippen LogP contribution in [0, 0.1) is 17.0 Å². The highest BCUT2D eigenvalue weighted by atomic mass is 79.9. The predicted octanol–water partition coefficient (Wildman–Crippen LogP) is 2.96. The molecule has 1 aliphatic heterocycles. The summed E-state index contributed by atoms with van der Waals surface area (Å²) in [6.45, 7) is 9.62. The highest BCUT2D eigenvalue weighted by molar-refractivity contribution is 9.10. The quantitative estimate of drug-likeness (QED) is 0.471. The minimum atomic E-state index is -0.592. The molecule has 0 atom stereocenters. The van der Waals surface area contributed by atoms with Crippen molar-refractivity contribution in [3.8, 4) is 0 Å². The second-order valence-electron chi connectivity index (χ2n) is 6.02. The molecule has 108 valence electrons. The average Bonchev–Trinajstić information content (AvgIpc) is 2.51. The lowest BCUT2D eigenvalue weighted by molar-refractivity contribution is -0.385. The Morgan fingerprint density at radius 3 is 2.15 bits per heavy atom. The van der Waals surface area contributed by atoms with Crippen molar-refractivity contribution in [2.24, 2.45) is 0 Å². The molecular formula is C13H17BBrNO4. The van der Waals surface area contributed by atoms with E-state index in [1.807, 2.05) is 40.7 Å². The maximum absolute atomic E-state index is 11.1. The van der Waals surface area contributed by atoms with Gasteiger partial charge in [-0.1, -0.05) is 6.07 Å². The predicted molar refractivity (Wildman–Crippen MR) is 81.2 cm³/mol. The Morgan fingerprint density at radius 1 is 1.20 bits per heavy atom. The maximum Gasteiger partial charge on any atom is 0.495 e. The van der Waals surface area contributed by atoms with E-state index in [0.29, 0.717) is 9.94 Å². The zero-order valence-electron chi connectivity index (χ0n) is 12.2. The Hall–Kier alpha value is -0.915. The Balaban J connectivity index is 2.43. The summed E-state index contributed by atoms with van der Waals surface area (Å²) in [7, 11) is -0.592. The second kappa shape index (κ2) is 4.82. The van der Waals surface area contributed by atoms with Crippen LogP contribution < -0.4 is 5.46 Å². The van der Waals surface area contributed by atoms with Gasteiger partial charge >= 0.3 is 7.12 Å². The van der Waals surface area contributed by atoms with E-state index in [2.05, 4.69) is 15.9 Å². The van der Waals surface area contributed by atoms with Crippen LogP contribution in [0.5, 0.6) is 0 Å². The van der Waals surface area contributed by atoms with Crippen LogP contribution in [-0.4, -0.2) is 23.2 Å². The largest absolute Gasteiger partial charge is 0.495 e. The van der Waals surface area contributed by atoms with Gasteiger partial charge in [0.05, 0.1) is 20.6 Å². The molecule has 0 unspecified atom stereocenters. The van der Waals surface area contributed by atoms with Gasteiger partial charge in [0.2, 0.25) is 0 Å². The summed E-state index contributed by atoms with van der Waals surface area (Å²) in [5.74, 6) is 0. The van der Waals surface area contributed by atoms with Crippen molar-refractivity contribution in [2.75, 3.05) is 0 Å². The van der Waals surface area contributed by atoms with Crippen molar-refractivity contribution >= 4 is 34.2 Å². The molecule has 20 heavy (non-hydrogen) atoms. The second-order valence-corrected chi connectivity index (χ2v) is 6.81. The normalized spacial score (nSPS) is 20.2. The summed E-state index contributed by atoms with van der Waals surface area (Å²) in [5, 5.41) is 11.1. The molecule has 0 bridgehead atoms. The molecule has 1 fully saturated rings. The summed E-state index contributed by atoms with van der Waals surface area (Å²) in [6.07, 6.45) is 0. The van der Waals surface area contributed by atoms with Crippen molar-refractivity contribution in [3.05, 3.63) is 32.3 Å². The zero-order valence-corrected chi connectivity index (χ0v) is 13.8. The standard InChI is InChI=1S/C13H17BBrNO4/c1-8-6-9(7-10(11(8)15)16(17)18)14-19-12(2,3)13(4,5)20-14/h6-7H,1-5H3. The van der Waals surface area contributed by atoms with Crippen molar-refractivity contribution in [1.82, 2.24) is 0 Å². The highest BCUT2D eigenvalue weighted by Crippen LogP contribution is 2.37. The van der Waals surface area contributed by atoms with Crippen LogP contribution in [0.4, 0.5) is 5.69 Å². The van der Waals surface area contributed by atoms with Crippen LogP contribution in [0.2, 0.25) is 0 Å². The summed E-state index contributed by atoms with van der Waals surface area (Å²) in [4.78, 5) is 10.7. The number of hydrogen-bond donors (Lipinski definition) is 0. The van der Waals surface area contributed by atoms with Crippen LogP contribution >= 0.6 is 15.9 Å². The molecule has 7 heteroatoms. The fraction of sp³-hybridized carbons (Fsp3) is 0.538. The van der Waals surface area contributed by atoms with Crippen molar-refractivity contribution in [1.29, 1.82) is 0 Å². The van der Waals surface area contributed by atoms with Gasteiger partial charge in [-0.2, -0.15) is 0 Å². The van der Waals surface area contributed by atoms with Gasteiger partial charge in [0.1, 0.15) is 0 Å². The highest BCUT2D eigenvalue weighted by Gasteiger charge is 2.52. The van der Waals surface area contributed by atoms with E-state index in [1.54, 1.807) is 0 Å². The van der Waals surface area contributed by atoms with Gasteiger partial charge < -0.3 is 9.31 Å². The van der Waals surface area contributed by atoms with Gasteiger partial charge in [-0.05, 0) is 61.6 Å². The van der Waals surface area contributed by atoms with E-state index in [9.17, 15) is 10.1 Å².